The predicted molar refractivity (Wildman–Crippen MR) is 55.6 cm³/mol. The van der Waals surface area contributed by atoms with Crippen LogP contribution in [0.3, 0.4) is 0 Å². The van der Waals surface area contributed by atoms with E-state index >= 15 is 0 Å². The van der Waals surface area contributed by atoms with Gasteiger partial charge in [-0.1, -0.05) is 0 Å². The van der Waals surface area contributed by atoms with E-state index in [2.05, 4.69) is 4.90 Å². The van der Waals surface area contributed by atoms with Crippen molar-refractivity contribution in [2.24, 2.45) is 5.92 Å². The molecule has 0 aromatic carbocycles. The smallest absolute Gasteiger partial charge is 0.304 e. The number of hydrogen-bond acceptors (Lipinski definition) is 3. The van der Waals surface area contributed by atoms with Gasteiger partial charge in [-0.2, -0.15) is 0 Å². The lowest BCUT2D eigenvalue weighted by atomic mass is 10.1. The molecule has 0 aromatic rings. The van der Waals surface area contributed by atoms with Crippen molar-refractivity contribution in [2.45, 2.75) is 44.2 Å². The molecule has 1 aliphatic heterocycles. The number of carboxylic acid groups (broad SMARTS) is 1. The van der Waals surface area contributed by atoms with Gasteiger partial charge < -0.3 is 10.2 Å². The second-order valence-corrected chi connectivity index (χ2v) is 4.72. The van der Waals surface area contributed by atoms with Crippen molar-refractivity contribution in [3.63, 3.8) is 0 Å². The van der Waals surface area contributed by atoms with E-state index in [9.17, 15) is 9.90 Å². The Morgan fingerprint density at radius 3 is 2.67 bits per heavy atom. The van der Waals surface area contributed by atoms with Crippen LogP contribution in [0.4, 0.5) is 0 Å². The molecule has 2 unspecified atom stereocenters. The molecule has 0 aromatic heterocycles. The average molecular weight is 213 g/mol. The van der Waals surface area contributed by atoms with Crippen molar-refractivity contribution in [2.75, 3.05) is 13.2 Å². The summed E-state index contributed by atoms with van der Waals surface area (Å²) in [5.41, 5.74) is 0. The minimum Gasteiger partial charge on any atom is -0.481 e. The normalized spacial score (nSPS) is 29.3. The largest absolute Gasteiger partial charge is 0.481 e. The van der Waals surface area contributed by atoms with Crippen LogP contribution in [0, 0.1) is 5.92 Å². The van der Waals surface area contributed by atoms with E-state index in [0.717, 1.165) is 32.2 Å². The van der Waals surface area contributed by atoms with Gasteiger partial charge in [-0.3, -0.25) is 9.69 Å². The van der Waals surface area contributed by atoms with E-state index in [-0.39, 0.29) is 25.1 Å². The Bertz CT molecular complexity index is 240. The molecule has 2 atom stereocenters. The third kappa shape index (κ3) is 2.49. The van der Waals surface area contributed by atoms with Crippen molar-refractivity contribution in [3.05, 3.63) is 0 Å². The van der Waals surface area contributed by atoms with Crippen LogP contribution in [-0.2, 0) is 4.79 Å². The van der Waals surface area contributed by atoms with Gasteiger partial charge in [0, 0.05) is 12.1 Å². The topological polar surface area (TPSA) is 60.8 Å². The first kappa shape index (κ1) is 10.9. The standard InChI is InChI=1S/C11H19NO3/c13-7-9-2-1-5-12(9)10(6-11(14)15)8-3-4-8/h8-10,13H,1-7H2,(H,14,15). The van der Waals surface area contributed by atoms with E-state index in [4.69, 9.17) is 5.11 Å². The Kier molecular flexibility index (Phi) is 3.26. The van der Waals surface area contributed by atoms with Crippen molar-refractivity contribution in [1.29, 1.82) is 0 Å². The summed E-state index contributed by atoms with van der Waals surface area (Å²) < 4.78 is 0. The van der Waals surface area contributed by atoms with Crippen LogP contribution in [0.1, 0.15) is 32.1 Å². The average Bonchev–Trinajstić information content (AvgIpc) is 2.92. The highest BCUT2D eigenvalue weighted by Gasteiger charge is 2.40. The molecule has 2 N–H and O–H groups in total. The van der Waals surface area contributed by atoms with Gasteiger partial charge in [0.2, 0.25) is 0 Å². The maximum atomic E-state index is 10.8. The molecule has 0 radical (unpaired) electrons. The highest BCUT2D eigenvalue weighted by Crippen LogP contribution is 2.39. The predicted octanol–water partition coefficient (Wildman–Crippen LogP) is 0.696. The molecule has 0 amide bonds. The third-order valence-electron chi connectivity index (χ3n) is 3.61. The summed E-state index contributed by atoms with van der Waals surface area (Å²) in [6.45, 7) is 1.13. The van der Waals surface area contributed by atoms with Gasteiger partial charge in [-0.25, -0.2) is 0 Å². The van der Waals surface area contributed by atoms with Gasteiger partial charge in [0.1, 0.15) is 0 Å². The molecule has 2 rings (SSSR count). The van der Waals surface area contributed by atoms with E-state index < -0.39 is 5.97 Å². The number of nitrogens with zero attached hydrogens (tertiary/aromatic N) is 1. The Balaban J connectivity index is 1.99. The van der Waals surface area contributed by atoms with Gasteiger partial charge in [0.15, 0.2) is 0 Å². The van der Waals surface area contributed by atoms with Crippen LogP contribution in [-0.4, -0.2) is 46.3 Å². The van der Waals surface area contributed by atoms with Crippen molar-refractivity contribution < 1.29 is 15.0 Å². The molecule has 0 bridgehead atoms. The van der Waals surface area contributed by atoms with Gasteiger partial charge in [-0.05, 0) is 38.1 Å². The number of aliphatic hydroxyl groups excluding tert-OH is 1. The quantitative estimate of drug-likeness (QED) is 0.705. The summed E-state index contributed by atoms with van der Waals surface area (Å²) in [7, 11) is 0. The second kappa shape index (κ2) is 4.49. The van der Waals surface area contributed by atoms with E-state index in [0.29, 0.717) is 5.92 Å². The number of aliphatic hydroxyl groups is 1. The summed E-state index contributed by atoms with van der Waals surface area (Å²) in [6, 6.07) is 0.372. The second-order valence-electron chi connectivity index (χ2n) is 4.72. The lowest BCUT2D eigenvalue weighted by molar-refractivity contribution is -0.138. The van der Waals surface area contributed by atoms with Crippen LogP contribution in [0.15, 0.2) is 0 Å². The summed E-state index contributed by atoms with van der Waals surface area (Å²) in [5, 5.41) is 18.1. The molecule has 4 heteroatoms. The molecule has 1 heterocycles. The Hall–Kier alpha value is -0.610. The number of carbonyl (C=O) groups is 1. The van der Waals surface area contributed by atoms with Crippen molar-refractivity contribution >= 4 is 5.97 Å². The number of carboxylic acids is 1. The zero-order chi connectivity index (χ0) is 10.8. The van der Waals surface area contributed by atoms with Crippen LogP contribution in [0.2, 0.25) is 0 Å². The van der Waals surface area contributed by atoms with E-state index in [1.807, 2.05) is 0 Å². The fourth-order valence-corrected chi connectivity index (χ4v) is 2.71. The molecule has 86 valence electrons. The van der Waals surface area contributed by atoms with E-state index in [1.165, 1.54) is 0 Å². The SMILES string of the molecule is O=C(O)CC(C1CC1)N1CCCC1CO. The molecule has 15 heavy (non-hydrogen) atoms. The van der Waals surface area contributed by atoms with Crippen LogP contribution < -0.4 is 0 Å². The molecule has 1 saturated heterocycles. The number of likely N-dealkylation sites (tertiary alicyclic amines) is 1. The zero-order valence-corrected chi connectivity index (χ0v) is 8.93. The minimum absolute atomic E-state index is 0.169. The van der Waals surface area contributed by atoms with Crippen LogP contribution in [0.5, 0.6) is 0 Å². The lowest BCUT2D eigenvalue weighted by Crippen LogP contribution is -2.43. The molecule has 1 aliphatic carbocycles. The highest BCUT2D eigenvalue weighted by molar-refractivity contribution is 5.67. The van der Waals surface area contributed by atoms with Gasteiger partial charge in [0.05, 0.1) is 13.0 Å². The first-order valence-corrected chi connectivity index (χ1v) is 5.80. The molecule has 0 spiro atoms. The fraction of sp³-hybridized carbons (Fsp3) is 0.909. The summed E-state index contributed by atoms with van der Waals surface area (Å²) in [6.07, 6.45) is 4.66. The molecular weight excluding hydrogens is 194 g/mol. The molecular formula is C11H19NO3. The highest BCUT2D eigenvalue weighted by atomic mass is 16.4. The maximum Gasteiger partial charge on any atom is 0.304 e. The number of hydrogen-bond donors (Lipinski definition) is 2. The molecule has 1 saturated carbocycles. The molecule has 2 aliphatic rings. The summed E-state index contributed by atoms with van der Waals surface area (Å²) in [4.78, 5) is 13.0. The van der Waals surface area contributed by atoms with Crippen molar-refractivity contribution in [1.82, 2.24) is 4.90 Å². The Morgan fingerprint density at radius 1 is 1.40 bits per heavy atom. The zero-order valence-electron chi connectivity index (χ0n) is 8.93. The molecule has 4 nitrogen and oxygen atoms in total. The Labute approximate surface area is 89.9 Å². The van der Waals surface area contributed by atoms with Gasteiger partial charge in [0.25, 0.3) is 0 Å². The Morgan fingerprint density at radius 2 is 2.13 bits per heavy atom. The first-order chi connectivity index (χ1) is 7.22. The summed E-state index contributed by atoms with van der Waals surface area (Å²) in [5.74, 6) is -0.149. The first-order valence-electron chi connectivity index (χ1n) is 5.80. The lowest BCUT2D eigenvalue weighted by Gasteiger charge is -2.31. The van der Waals surface area contributed by atoms with Crippen molar-refractivity contribution in [3.8, 4) is 0 Å². The van der Waals surface area contributed by atoms with Gasteiger partial charge in [-0.15, -0.1) is 0 Å². The van der Waals surface area contributed by atoms with Gasteiger partial charge >= 0.3 is 5.97 Å². The maximum absolute atomic E-state index is 10.8. The van der Waals surface area contributed by atoms with Crippen LogP contribution in [0.25, 0.3) is 0 Å². The monoisotopic (exact) mass is 213 g/mol. The third-order valence-corrected chi connectivity index (χ3v) is 3.61. The fourth-order valence-electron chi connectivity index (χ4n) is 2.71. The molecule has 2 fully saturated rings. The minimum atomic E-state index is -0.713. The number of aliphatic carboxylic acids is 1. The van der Waals surface area contributed by atoms with E-state index in [1.54, 1.807) is 0 Å². The number of rotatable bonds is 5. The van der Waals surface area contributed by atoms with Crippen LogP contribution >= 0.6 is 0 Å². The summed E-state index contributed by atoms with van der Waals surface area (Å²) >= 11 is 0.